The van der Waals surface area contributed by atoms with Gasteiger partial charge in [0.25, 0.3) is 0 Å². The van der Waals surface area contributed by atoms with Crippen molar-refractivity contribution in [1.29, 1.82) is 0 Å². The Bertz CT molecular complexity index is 533. The van der Waals surface area contributed by atoms with Crippen LogP contribution in [0.25, 0.3) is 10.9 Å². The van der Waals surface area contributed by atoms with E-state index in [2.05, 4.69) is 0 Å². The van der Waals surface area contributed by atoms with Crippen LogP contribution in [0.3, 0.4) is 0 Å². The first kappa shape index (κ1) is 11.4. The number of aliphatic carboxylic acids is 1. The first-order valence-corrected chi connectivity index (χ1v) is 6.24. The zero-order valence-electron chi connectivity index (χ0n) is 8.85. The van der Waals surface area contributed by atoms with Crippen molar-refractivity contribution in [3.8, 4) is 0 Å². The van der Waals surface area contributed by atoms with E-state index in [0.29, 0.717) is 6.42 Å². The van der Waals surface area contributed by atoms with E-state index < -0.39 is 5.97 Å². The Morgan fingerprint density at radius 2 is 2.19 bits per heavy atom. The molecule has 0 fully saturated rings. The van der Waals surface area contributed by atoms with Crippen LogP contribution >= 0.6 is 22.6 Å². The van der Waals surface area contributed by atoms with E-state index in [-0.39, 0.29) is 3.92 Å². The van der Waals surface area contributed by atoms with E-state index in [1.165, 1.54) is 0 Å². The molecule has 1 aromatic carbocycles. The smallest absolute Gasteiger partial charge is 0.316 e. The topological polar surface area (TPSA) is 42.2 Å². The number of carboxylic acids is 1. The molecule has 1 atom stereocenters. The van der Waals surface area contributed by atoms with E-state index in [1.807, 2.05) is 64.7 Å². The number of hydrogen-bond donors (Lipinski definition) is 1. The largest absolute Gasteiger partial charge is 0.480 e. The zero-order valence-corrected chi connectivity index (χ0v) is 11.0. The molecule has 2 rings (SSSR count). The Morgan fingerprint density at radius 3 is 2.88 bits per heavy atom. The van der Waals surface area contributed by atoms with Gasteiger partial charge in [0.05, 0.1) is 0 Å². The minimum atomic E-state index is -0.756. The van der Waals surface area contributed by atoms with Crippen LogP contribution in [0.5, 0.6) is 0 Å². The highest BCUT2D eigenvalue weighted by atomic mass is 127. The van der Waals surface area contributed by atoms with Crippen LogP contribution < -0.4 is 0 Å². The lowest BCUT2D eigenvalue weighted by Crippen LogP contribution is -2.14. The lowest BCUT2D eigenvalue weighted by Gasteiger charge is -2.02. The molecule has 16 heavy (non-hydrogen) atoms. The highest BCUT2D eigenvalue weighted by Gasteiger charge is 2.16. The molecule has 1 aromatic heterocycles. The number of aryl methyl sites for hydroxylation is 1. The molecule has 0 aliphatic heterocycles. The van der Waals surface area contributed by atoms with Gasteiger partial charge in [0.15, 0.2) is 0 Å². The molecule has 1 heterocycles. The number of fused-ring (bicyclic) bond motifs is 1. The monoisotopic (exact) mass is 329 g/mol. The molecule has 1 N–H and O–H groups in total. The summed E-state index contributed by atoms with van der Waals surface area (Å²) in [5, 5.41) is 10.1. The van der Waals surface area contributed by atoms with E-state index in [1.54, 1.807) is 0 Å². The number of alkyl halides is 1. The number of carboxylic acid groups (broad SMARTS) is 1. The third-order valence-electron chi connectivity index (χ3n) is 2.65. The summed E-state index contributed by atoms with van der Waals surface area (Å²) in [7, 11) is 1.98. The van der Waals surface area contributed by atoms with Gasteiger partial charge in [-0.25, -0.2) is 0 Å². The number of aromatic nitrogens is 1. The van der Waals surface area contributed by atoms with Gasteiger partial charge in [-0.05, 0) is 18.1 Å². The van der Waals surface area contributed by atoms with E-state index in [9.17, 15) is 4.79 Å². The predicted octanol–water partition coefficient (Wildman–Crippen LogP) is 2.61. The third-order valence-corrected chi connectivity index (χ3v) is 3.62. The van der Waals surface area contributed by atoms with Gasteiger partial charge in [0.2, 0.25) is 0 Å². The Kier molecular flexibility index (Phi) is 3.18. The lowest BCUT2D eigenvalue weighted by atomic mass is 10.1. The number of rotatable bonds is 3. The average Bonchev–Trinajstić information content (AvgIpc) is 2.57. The maximum Gasteiger partial charge on any atom is 0.316 e. The molecule has 2 aromatic rings. The van der Waals surface area contributed by atoms with Crippen molar-refractivity contribution in [2.45, 2.75) is 10.3 Å². The second kappa shape index (κ2) is 4.45. The molecule has 0 saturated heterocycles. The second-order valence-electron chi connectivity index (χ2n) is 3.79. The highest BCUT2D eigenvalue weighted by molar-refractivity contribution is 14.1. The fourth-order valence-corrected chi connectivity index (χ4v) is 2.34. The van der Waals surface area contributed by atoms with Crippen molar-refractivity contribution in [2.24, 2.45) is 7.05 Å². The normalized spacial score (nSPS) is 12.9. The maximum absolute atomic E-state index is 10.8. The summed E-state index contributed by atoms with van der Waals surface area (Å²) in [6.07, 6.45) is 2.58. The van der Waals surface area contributed by atoms with Crippen molar-refractivity contribution in [3.05, 3.63) is 36.0 Å². The van der Waals surface area contributed by atoms with Gasteiger partial charge in [-0.2, -0.15) is 0 Å². The van der Waals surface area contributed by atoms with Crippen LogP contribution in [-0.2, 0) is 18.3 Å². The summed E-state index contributed by atoms with van der Waals surface area (Å²) in [6, 6.07) is 8.05. The van der Waals surface area contributed by atoms with E-state index in [0.717, 1.165) is 16.5 Å². The molecule has 0 spiro atoms. The van der Waals surface area contributed by atoms with Crippen LogP contribution in [0.4, 0.5) is 0 Å². The molecule has 0 bridgehead atoms. The molecule has 0 aliphatic rings. The van der Waals surface area contributed by atoms with Crippen LogP contribution in [0.2, 0.25) is 0 Å². The molecule has 0 aliphatic carbocycles. The summed E-state index contributed by atoms with van der Waals surface area (Å²) in [4.78, 5) is 10.8. The molecule has 4 heteroatoms. The SMILES string of the molecule is Cn1cc(CC(I)C(=O)O)c2ccccc21. The first-order valence-electron chi connectivity index (χ1n) is 4.99. The standard InChI is InChI=1S/C12H12INO2/c1-14-7-8(6-10(13)12(15)16)9-4-2-3-5-11(9)14/h2-5,7,10H,6H2,1H3,(H,15,16). The number of para-hydroxylation sites is 1. The zero-order chi connectivity index (χ0) is 11.7. The van der Waals surface area contributed by atoms with Gasteiger partial charge in [-0.15, -0.1) is 0 Å². The quantitative estimate of drug-likeness (QED) is 0.695. The number of carbonyl (C=O) groups is 1. The summed E-state index contributed by atoms with van der Waals surface area (Å²) in [6.45, 7) is 0. The second-order valence-corrected chi connectivity index (χ2v) is 5.30. The van der Waals surface area contributed by atoms with Crippen molar-refractivity contribution in [1.82, 2.24) is 4.57 Å². The predicted molar refractivity (Wildman–Crippen MR) is 72.1 cm³/mol. The Morgan fingerprint density at radius 1 is 1.50 bits per heavy atom. The number of nitrogens with zero attached hydrogens (tertiary/aromatic N) is 1. The average molecular weight is 329 g/mol. The van der Waals surface area contributed by atoms with Gasteiger partial charge in [-0.1, -0.05) is 40.8 Å². The van der Waals surface area contributed by atoms with Crippen molar-refractivity contribution in [3.63, 3.8) is 0 Å². The minimum absolute atomic E-state index is 0.372. The Hall–Kier alpha value is -1.04. The van der Waals surface area contributed by atoms with E-state index >= 15 is 0 Å². The molecular weight excluding hydrogens is 317 g/mol. The van der Waals surface area contributed by atoms with E-state index in [4.69, 9.17) is 5.11 Å². The minimum Gasteiger partial charge on any atom is -0.480 e. The van der Waals surface area contributed by atoms with Crippen LogP contribution in [0.1, 0.15) is 5.56 Å². The summed E-state index contributed by atoms with van der Waals surface area (Å²) < 4.78 is 1.67. The molecule has 84 valence electrons. The maximum atomic E-state index is 10.8. The highest BCUT2D eigenvalue weighted by Crippen LogP contribution is 2.23. The van der Waals surface area contributed by atoms with Crippen LogP contribution in [0, 0.1) is 0 Å². The summed E-state index contributed by atoms with van der Waals surface area (Å²) in [5.41, 5.74) is 2.24. The van der Waals surface area contributed by atoms with Gasteiger partial charge in [0, 0.05) is 24.1 Å². The first-order chi connectivity index (χ1) is 7.59. The Labute approximate surface area is 107 Å². The van der Waals surface area contributed by atoms with Crippen LogP contribution in [-0.4, -0.2) is 19.6 Å². The third kappa shape index (κ3) is 2.07. The Balaban J connectivity index is 2.42. The van der Waals surface area contributed by atoms with Gasteiger partial charge < -0.3 is 9.67 Å². The fourth-order valence-electron chi connectivity index (χ4n) is 1.87. The fraction of sp³-hybridized carbons (Fsp3) is 0.250. The molecule has 3 nitrogen and oxygen atoms in total. The lowest BCUT2D eigenvalue weighted by molar-refractivity contribution is -0.135. The van der Waals surface area contributed by atoms with Gasteiger partial charge in [-0.3, -0.25) is 4.79 Å². The van der Waals surface area contributed by atoms with Gasteiger partial charge in [0.1, 0.15) is 3.92 Å². The van der Waals surface area contributed by atoms with Crippen molar-refractivity contribution in [2.75, 3.05) is 0 Å². The van der Waals surface area contributed by atoms with Crippen LogP contribution in [0.15, 0.2) is 30.5 Å². The van der Waals surface area contributed by atoms with Gasteiger partial charge >= 0.3 is 5.97 Å². The molecular formula is C12H12INO2. The summed E-state index contributed by atoms with van der Waals surface area (Å²) >= 11 is 1.97. The van der Waals surface area contributed by atoms with Crippen molar-refractivity contribution >= 4 is 39.5 Å². The van der Waals surface area contributed by atoms with Crippen molar-refractivity contribution < 1.29 is 9.90 Å². The molecule has 0 amide bonds. The molecule has 0 saturated carbocycles. The molecule has 1 unspecified atom stereocenters. The molecule has 0 radical (unpaired) electrons. The number of halogens is 1. The number of hydrogen-bond acceptors (Lipinski definition) is 1. The number of benzene rings is 1. The summed E-state index contributed by atoms with van der Waals surface area (Å²) in [5.74, 6) is -0.756.